The Morgan fingerprint density at radius 1 is 1.53 bits per heavy atom. The minimum absolute atomic E-state index is 0.173. The number of tetrazole rings is 1. The number of methoxy groups -OCH3 is 1. The van der Waals surface area contributed by atoms with Crippen LogP contribution in [0.5, 0.6) is 0 Å². The smallest absolute Gasteiger partial charge is 0.199 e. The molecule has 1 N–H and O–H groups in total. The van der Waals surface area contributed by atoms with Crippen molar-refractivity contribution in [2.45, 2.75) is 13.0 Å². The first-order valence-electron chi connectivity index (χ1n) is 4.59. The molecule has 0 bridgehead atoms. The van der Waals surface area contributed by atoms with Crippen LogP contribution in [-0.2, 0) is 4.74 Å². The Morgan fingerprint density at radius 3 is 3.20 bits per heavy atom. The Hall–Kier alpha value is -1.76. The zero-order chi connectivity index (χ0) is 10.7. The molecule has 0 saturated carbocycles. The van der Waals surface area contributed by atoms with Crippen molar-refractivity contribution in [3.05, 3.63) is 12.4 Å². The van der Waals surface area contributed by atoms with Gasteiger partial charge in [-0.2, -0.15) is 4.52 Å². The van der Waals surface area contributed by atoms with Crippen LogP contribution < -0.4 is 5.32 Å². The maximum absolute atomic E-state index is 5.03. The molecular weight excluding hydrogens is 196 g/mol. The van der Waals surface area contributed by atoms with Gasteiger partial charge in [-0.25, -0.2) is 0 Å². The molecular formula is C8H12N6O. The summed E-state index contributed by atoms with van der Waals surface area (Å²) in [5.41, 5.74) is 0.615. The van der Waals surface area contributed by atoms with E-state index in [0.717, 1.165) is 5.82 Å². The molecule has 0 aliphatic carbocycles. The standard InChI is InChI=1S/C8H12N6O/c1-6(5-15-2)10-7-3-9-4-8-11-12-13-14(7)8/h3-4,6,10H,5H2,1-2H3. The van der Waals surface area contributed by atoms with E-state index >= 15 is 0 Å². The van der Waals surface area contributed by atoms with Crippen LogP contribution in [0.1, 0.15) is 6.92 Å². The summed E-state index contributed by atoms with van der Waals surface area (Å²) in [6.07, 6.45) is 3.28. The van der Waals surface area contributed by atoms with Gasteiger partial charge in [0.05, 0.1) is 19.0 Å². The van der Waals surface area contributed by atoms with E-state index in [-0.39, 0.29) is 6.04 Å². The van der Waals surface area contributed by atoms with Crippen LogP contribution in [-0.4, -0.2) is 44.8 Å². The molecule has 7 heteroatoms. The first kappa shape index (κ1) is 9.78. The van der Waals surface area contributed by atoms with Gasteiger partial charge in [0.25, 0.3) is 0 Å². The van der Waals surface area contributed by atoms with E-state index in [4.69, 9.17) is 4.74 Å². The summed E-state index contributed by atoms with van der Waals surface area (Å²) >= 11 is 0. The van der Waals surface area contributed by atoms with Crippen LogP contribution in [0, 0.1) is 0 Å². The van der Waals surface area contributed by atoms with Gasteiger partial charge in [0.15, 0.2) is 11.5 Å². The van der Waals surface area contributed by atoms with Gasteiger partial charge in [0.2, 0.25) is 0 Å². The number of hydrogen-bond donors (Lipinski definition) is 1. The molecule has 1 unspecified atom stereocenters. The van der Waals surface area contributed by atoms with Crippen LogP contribution in [0.25, 0.3) is 5.65 Å². The number of hydrogen-bond acceptors (Lipinski definition) is 6. The predicted octanol–water partition coefficient (Wildman–Crippen LogP) is -0.0339. The zero-order valence-electron chi connectivity index (χ0n) is 8.58. The van der Waals surface area contributed by atoms with Crippen LogP contribution in [0.15, 0.2) is 12.4 Å². The van der Waals surface area contributed by atoms with Crippen molar-refractivity contribution in [3.63, 3.8) is 0 Å². The lowest BCUT2D eigenvalue weighted by atomic mass is 10.3. The molecule has 7 nitrogen and oxygen atoms in total. The quantitative estimate of drug-likeness (QED) is 0.760. The van der Waals surface area contributed by atoms with E-state index in [2.05, 4.69) is 25.8 Å². The van der Waals surface area contributed by atoms with E-state index in [1.807, 2.05) is 6.92 Å². The van der Waals surface area contributed by atoms with Gasteiger partial charge in [-0.3, -0.25) is 4.98 Å². The van der Waals surface area contributed by atoms with Crippen LogP contribution in [0.3, 0.4) is 0 Å². The lowest BCUT2D eigenvalue weighted by Crippen LogP contribution is -2.22. The second-order valence-corrected chi connectivity index (χ2v) is 3.24. The van der Waals surface area contributed by atoms with E-state index in [1.54, 1.807) is 24.0 Å². The highest BCUT2D eigenvalue weighted by molar-refractivity contribution is 5.44. The lowest BCUT2D eigenvalue weighted by molar-refractivity contribution is 0.190. The highest BCUT2D eigenvalue weighted by atomic mass is 16.5. The van der Waals surface area contributed by atoms with Gasteiger partial charge in [-0.1, -0.05) is 0 Å². The highest BCUT2D eigenvalue weighted by Crippen LogP contribution is 2.07. The van der Waals surface area contributed by atoms with Gasteiger partial charge >= 0.3 is 0 Å². The van der Waals surface area contributed by atoms with Gasteiger partial charge in [-0.05, 0) is 17.4 Å². The number of nitrogens with one attached hydrogen (secondary N) is 1. The van der Waals surface area contributed by atoms with Crippen molar-refractivity contribution in [2.24, 2.45) is 0 Å². The largest absolute Gasteiger partial charge is 0.383 e. The average Bonchev–Trinajstić information content (AvgIpc) is 2.67. The highest BCUT2D eigenvalue weighted by Gasteiger charge is 2.06. The predicted molar refractivity (Wildman–Crippen MR) is 53.5 cm³/mol. The Balaban J connectivity index is 2.23. The van der Waals surface area contributed by atoms with Crippen molar-refractivity contribution in [1.29, 1.82) is 0 Å². The summed E-state index contributed by atoms with van der Waals surface area (Å²) in [4.78, 5) is 4.03. The van der Waals surface area contributed by atoms with Crippen molar-refractivity contribution < 1.29 is 4.74 Å². The maximum atomic E-state index is 5.03. The number of aromatic nitrogens is 5. The first-order valence-corrected chi connectivity index (χ1v) is 4.59. The Morgan fingerprint density at radius 2 is 2.40 bits per heavy atom. The summed E-state index contributed by atoms with van der Waals surface area (Å²) in [6.45, 7) is 2.62. The van der Waals surface area contributed by atoms with E-state index in [9.17, 15) is 0 Å². The summed E-state index contributed by atoms with van der Waals surface area (Å²) in [5.74, 6) is 0.752. The Labute approximate surface area is 86.5 Å². The van der Waals surface area contributed by atoms with E-state index in [1.165, 1.54) is 0 Å². The first-order chi connectivity index (χ1) is 7.31. The molecule has 0 aliphatic heterocycles. The average molecular weight is 208 g/mol. The van der Waals surface area contributed by atoms with Gasteiger partial charge in [0, 0.05) is 13.2 Å². The molecule has 2 aromatic heterocycles. The molecule has 0 spiro atoms. The fourth-order valence-electron chi connectivity index (χ4n) is 1.32. The molecule has 0 radical (unpaired) electrons. The lowest BCUT2D eigenvalue weighted by Gasteiger charge is -2.13. The third-order valence-corrected chi connectivity index (χ3v) is 1.92. The van der Waals surface area contributed by atoms with Gasteiger partial charge in [-0.15, -0.1) is 5.10 Å². The van der Waals surface area contributed by atoms with E-state index < -0.39 is 0 Å². The SMILES string of the molecule is COCC(C)Nc1cncc2nnnn12. The second kappa shape index (κ2) is 4.18. The van der Waals surface area contributed by atoms with E-state index in [0.29, 0.717) is 12.3 Å². The number of anilines is 1. The molecule has 1 atom stereocenters. The molecule has 0 aliphatic rings. The van der Waals surface area contributed by atoms with Crippen LogP contribution in [0.2, 0.25) is 0 Å². The number of nitrogens with zero attached hydrogens (tertiary/aromatic N) is 5. The summed E-state index contributed by atoms with van der Waals surface area (Å²) in [6, 6.07) is 0.173. The van der Waals surface area contributed by atoms with Crippen LogP contribution >= 0.6 is 0 Å². The maximum Gasteiger partial charge on any atom is 0.199 e. The number of rotatable bonds is 4. The third-order valence-electron chi connectivity index (χ3n) is 1.92. The van der Waals surface area contributed by atoms with Crippen molar-refractivity contribution >= 4 is 11.5 Å². The summed E-state index contributed by atoms with van der Waals surface area (Å²) < 4.78 is 6.62. The fourth-order valence-corrected chi connectivity index (χ4v) is 1.32. The summed E-state index contributed by atoms with van der Waals surface area (Å²) in [5, 5.41) is 14.4. The Bertz CT molecular complexity index is 441. The molecule has 0 aromatic carbocycles. The number of ether oxygens (including phenoxy) is 1. The molecule has 0 saturated heterocycles. The van der Waals surface area contributed by atoms with Gasteiger partial charge in [0.1, 0.15) is 0 Å². The molecule has 2 heterocycles. The van der Waals surface area contributed by atoms with Crippen molar-refractivity contribution in [3.8, 4) is 0 Å². The molecule has 2 aromatic rings. The zero-order valence-corrected chi connectivity index (χ0v) is 8.58. The van der Waals surface area contributed by atoms with Crippen molar-refractivity contribution in [2.75, 3.05) is 19.0 Å². The Kier molecular flexibility index (Phi) is 2.72. The van der Waals surface area contributed by atoms with Crippen molar-refractivity contribution in [1.82, 2.24) is 25.0 Å². The summed E-state index contributed by atoms with van der Waals surface area (Å²) in [7, 11) is 1.66. The fraction of sp³-hybridized carbons (Fsp3) is 0.500. The molecule has 15 heavy (non-hydrogen) atoms. The molecule has 80 valence electrons. The molecule has 2 rings (SSSR count). The molecule has 0 fully saturated rings. The topological polar surface area (TPSA) is 77.2 Å². The van der Waals surface area contributed by atoms with Crippen LogP contribution in [0.4, 0.5) is 5.82 Å². The molecule has 0 amide bonds. The normalized spacial score (nSPS) is 12.9. The second-order valence-electron chi connectivity index (χ2n) is 3.24. The minimum Gasteiger partial charge on any atom is -0.383 e. The minimum atomic E-state index is 0.173. The number of fused-ring (bicyclic) bond motifs is 1. The van der Waals surface area contributed by atoms with Gasteiger partial charge < -0.3 is 10.1 Å². The monoisotopic (exact) mass is 208 g/mol. The third kappa shape index (κ3) is 2.01.